The van der Waals surface area contributed by atoms with Crippen molar-refractivity contribution in [1.82, 2.24) is 0 Å². The highest BCUT2D eigenvalue weighted by atomic mass is 14.4. The molecular formula is C49H34. The average molecular weight is 623 g/mol. The van der Waals surface area contributed by atoms with Crippen molar-refractivity contribution in [3.05, 3.63) is 181 Å². The van der Waals surface area contributed by atoms with Gasteiger partial charge in [0.05, 0.1) is 0 Å². The molecule has 0 heterocycles. The minimum Gasteiger partial charge on any atom is -0.0616 e. The van der Waals surface area contributed by atoms with Crippen molar-refractivity contribution in [3.8, 4) is 44.5 Å². The molecule has 0 amide bonds. The molecule has 0 fully saturated rings. The number of hydrogen-bond acceptors (Lipinski definition) is 0. The predicted octanol–water partition coefficient (Wildman–Crippen LogP) is 13.6. The molecule has 0 atom stereocenters. The summed E-state index contributed by atoms with van der Waals surface area (Å²) in [6.45, 7) is 4.81. The third-order valence-electron chi connectivity index (χ3n) is 11.0. The Bertz CT molecular complexity index is 2730. The van der Waals surface area contributed by atoms with Gasteiger partial charge in [-0.15, -0.1) is 0 Å². The summed E-state index contributed by atoms with van der Waals surface area (Å²) < 4.78 is 0. The normalized spacial score (nSPS) is 13.3. The van der Waals surface area contributed by atoms with Crippen LogP contribution in [-0.2, 0) is 5.41 Å². The van der Waals surface area contributed by atoms with Crippen LogP contribution in [0, 0.1) is 0 Å². The SMILES string of the molecule is CC1(C)c2c(-c3cccc(-c4c5ccccc5c(-c5cccc6ccccc56)c5ccccc45)c3)cccc2-c2ccc3ccccc3c21. The standard InChI is InChI=1S/C49H34/c1-49(2)47-36-20-6-4-15-32(36)28-29-44(47)43-27-13-25-37(48(43)49)33-17-11-18-34(30-33)45-39-21-7-9-23-41(39)46(42-24-10-8-22-40(42)45)38-26-12-16-31-14-3-5-19-35(31)38/h3-30H,1-2H3. The fourth-order valence-electron chi connectivity index (χ4n) is 9.00. The van der Waals surface area contributed by atoms with E-state index in [0.717, 1.165) is 0 Å². The zero-order chi connectivity index (χ0) is 32.7. The Balaban J connectivity index is 1.22. The van der Waals surface area contributed by atoms with Gasteiger partial charge >= 0.3 is 0 Å². The van der Waals surface area contributed by atoms with Gasteiger partial charge in [0.2, 0.25) is 0 Å². The van der Waals surface area contributed by atoms with Crippen molar-refractivity contribution < 1.29 is 0 Å². The molecule has 0 nitrogen and oxygen atoms in total. The third-order valence-corrected chi connectivity index (χ3v) is 11.0. The Kier molecular flexibility index (Phi) is 6.02. The third kappa shape index (κ3) is 4.04. The van der Waals surface area contributed by atoms with Gasteiger partial charge in [-0.25, -0.2) is 0 Å². The van der Waals surface area contributed by atoms with Crippen molar-refractivity contribution in [2.45, 2.75) is 19.3 Å². The summed E-state index contributed by atoms with van der Waals surface area (Å²) in [5, 5.41) is 10.3. The Labute approximate surface area is 286 Å². The van der Waals surface area contributed by atoms with Crippen LogP contribution in [0.4, 0.5) is 0 Å². The van der Waals surface area contributed by atoms with Crippen LogP contribution in [0.5, 0.6) is 0 Å². The van der Waals surface area contributed by atoms with Gasteiger partial charge in [0, 0.05) is 5.41 Å². The first-order chi connectivity index (χ1) is 24.1. The maximum Gasteiger partial charge on any atom is 0.0171 e. The summed E-state index contributed by atoms with van der Waals surface area (Å²) in [6.07, 6.45) is 0. The van der Waals surface area contributed by atoms with Crippen LogP contribution in [0.15, 0.2) is 170 Å². The van der Waals surface area contributed by atoms with E-state index in [1.165, 1.54) is 98.7 Å². The molecule has 9 aromatic rings. The lowest BCUT2D eigenvalue weighted by molar-refractivity contribution is 0.668. The molecule has 230 valence electrons. The highest BCUT2D eigenvalue weighted by Gasteiger charge is 2.38. The minimum atomic E-state index is -0.141. The largest absolute Gasteiger partial charge is 0.0616 e. The first-order valence-electron chi connectivity index (χ1n) is 17.3. The van der Waals surface area contributed by atoms with Crippen LogP contribution in [0.25, 0.3) is 87.6 Å². The molecule has 1 aliphatic carbocycles. The lowest BCUT2D eigenvalue weighted by Crippen LogP contribution is -2.16. The molecule has 0 radical (unpaired) electrons. The van der Waals surface area contributed by atoms with Crippen molar-refractivity contribution in [1.29, 1.82) is 0 Å². The molecule has 0 aromatic heterocycles. The van der Waals surface area contributed by atoms with Crippen LogP contribution in [0.2, 0.25) is 0 Å². The number of fused-ring (bicyclic) bond motifs is 8. The first kappa shape index (κ1) is 28.1. The maximum absolute atomic E-state index is 2.43. The topological polar surface area (TPSA) is 0 Å². The van der Waals surface area contributed by atoms with Crippen LogP contribution >= 0.6 is 0 Å². The summed E-state index contributed by atoms with van der Waals surface area (Å²) in [5.74, 6) is 0. The quantitative estimate of drug-likeness (QED) is 0.172. The van der Waals surface area contributed by atoms with Crippen LogP contribution in [0.1, 0.15) is 25.0 Å². The number of benzene rings is 9. The molecule has 0 bridgehead atoms. The Hall–Kier alpha value is -5.98. The van der Waals surface area contributed by atoms with E-state index in [2.05, 4.69) is 184 Å². The van der Waals surface area contributed by atoms with Gasteiger partial charge in [0.1, 0.15) is 0 Å². The van der Waals surface area contributed by atoms with Gasteiger partial charge < -0.3 is 0 Å². The van der Waals surface area contributed by atoms with E-state index >= 15 is 0 Å². The van der Waals surface area contributed by atoms with Gasteiger partial charge in [-0.3, -0.25) is 0 Å². The molecule has 9 aromatic carbocycles. The smallest absolute Gasteiger partial charge is 0.0171 e. The van der Waals surface area contributed by atoms with Crippen LogP contribution in [-0.4, -0.2) is 0 Å². The second-order valence-electron chi connectivity index (χ2n) is 14.0. The van der Waals surface area contributed by atoms with Crippen LogP contribution < -0.4 is 0 Å². The van der Waals surface area contributed by atoms with E-state index < -0.39 is 0 Å². The molecule has 0 saturated heterocycles. The monoisotopic (exact) mass is 622 g/mol. The van der Waals surface area contributed by atoms with E-state index in [9.17, 15) is 0 Å². The lowest BCUT2D eigenvalue weighted by Gasteiger charge is -2.26. The lowest BCUT2D eigenvalue weighted by atomic mass is 9.77. The summed E-state index contributed by atoms with van der Waals surface area (Å²) >= 11 is 0. The van der Waals surface area contributed by atoms with E-state index in [1.807, 2.05) is 0 Å². The highest BCUT2D eigenvalue weighted by molar-refractivity contribution is 6.23. The molecule has 0 saturated carbocycles. The van der Waals surface area contributed by atoms with Gasteiger partial charge in [-0.2, -0.15) is 0 Å². The van der Waals surface area contributed by atoms with E-state index in [4.69, 9.17) is 0 Å². The van der Waals surface area contributed by atoms with Crippen molar-refractivity contribution in [2.75, 3.05) is 0 Å². The minimum absolute atomic E-state index is 0.141. The summed E-state index contributed by atoms with van der Waals surface area (Å²) in [6, 6.07) is 63.0. The van der Waals surface area contributed by atoms with Crippen molar-refractivity contribution >= 4 is 43.1 Å². The van der Waals surface area contributed by atoms with Gasteiger partial charge in [0.15, 0.2) is 0 Å². The average Bonchev–Trinajstić information content (AvgIpc) is 3.40. The van der Waals surface area contributed by atoms with Crippen molar-refractivity contribution in [2.24, 2.45) is 0 Å². The highest BCUT2D eigenvalue weighted by Crippen LogP contribution is 2.54. The van der Waals surface area contributed by atoms with Gasteiger partial charge in [-0.05, 0) is 105 Å². The van der Waals surface area contributed by atoms with Gasteiger partial charge in [-0.1, -0.05) is 178 Å². The van der Waals surface area contributed by atoms with E-state index in [-0.39, 0.29) is 5.41 Å². The Morgan fingerprint density at radius 2 is 0.776 bits per heavy atom. The maximum atomic E-state index is 2.43. The molecule has 1 aliphatic rings. The molecular weight excluding hydrogens is 589 g/mol. The second-order valence-corrected chi connectivity index (χ2v) is 14.0. The van der Waals surface area contributed by atoms with Gasteiger partial charge in [0.25, 0.3) is 0 Å². The summed E-state index contributed by atoms with van der Waals surface area (Å²) in [7, 11) is 0. The van der Waals surface area contributed by atoms with Crippen molar-refractivity contribution in [3.63, 3.8) is 0 Å². The Morgan fingerprint density at radius 1 is 0.306 bits per heavy atom. The number of rotatable bonds is 3. The number of hydrogen-bond donors (Lipinski definition) is 0. The molecule has 0 unspecified atom stereocenters. The predicted molar refractivity (Wildman–Crippen MR) is 210 cm³/mol. The zero-order valence-corrected chi connectivity index (χ0v) is 27.7. The Morgan fingerprint density at radius 3 is 1.49 bits per heavy atom. The molecule has 49 heavy (non-hydrogen) atoms. The summed E-state index contributed by atoms with van der Waals surface area (Å²) in [4.78, 5) is 0. The van der Waals surface area contributed by atoms with E-state index in [0.29, 0.717) is 0 Å². The summed E-state index contributed by atoms with van der Waals surface area (Å²) in [5.41, 5.74) is 13.1. The molecule has 0 spiro atoms. The second kappa shape index (κ2) is 10.5. The fourth-order valence-corrected chi connectivity index (χ4v) is 9.00. The van der Waals surface area contributed by atoms with E-state index in [1.54, 1.807) is 0 Å². The molecule has 0 heteroatoms. The first-order valence-corrected chi connectivity index (χ1v) is 17.3. The molecule has 0 N–H and O–H groups in total. The fraction of sp³-hybridized carbons (Fsp3) is 0.0612. The zero-order valence-electron chi connectivity index (χ0n) is 27.7. The van der Waals surface area contributed by atoms with Crippen LogP contribution in [0.3, 0.4) is 0 Å². The molecule has 0 aliphatic heterocycles. The molecule has 10 rings (SSSR count).